The maximum Gasteiger partial charge on any atom is 0.335 e. The van der Waals surface area contributed by atoms with E-state index in [1.165, 1.54) is 24.5 Å². The Morgan fingerprint density at radius 2 is 1.96 bits per heavy atom. The summed E-state index contributed by atoms with van der Waals surface area (Å²) in [5.41, 5.74) is 8.72. The lowest BCUT2D eigenvalue weighted by molar-refractivity contribution is 0.0696. The zero-order chi connectivity index (χ0) is 18.9. The van der Waals surface area contributed by atoms with E-state index in [0.29, 0.717) is 0 Å². The number of furan rings is 1. The minimum absolute atomic E-state index is 0.121. The number of aryl methyl sites for hydroxylation is 1. The molecule has 0 spiro atoms. The van der Waals surface area contributed by atoms with Crippen LogP contribution in [0.3, 0.4) is 0 Å². The van der Waals surface area contributed by atoms with Crippen LogP contribution in [0, 0.1) is 6.92 Å². The molecule has 0 aliphatic rings. The summed E-state index contributed by atoms with van der Waals surface area (Å²) in [5, 5.41) is 9.04. The Morgan fingerprint density at radius 3 is 2.62 bits per heavy atom. The largest absolute Gasteiger partial charge is 0.478 e. The van der Waals surface area contributed by atoms with Crippen molar-refractivity contribution in [1.29, 1.82) is 0 Å². The fraction of sp³-hybridized carbons (Fsp3) is 0.0556. The first-order valence-electron chi connectivity index (χ1n) is 7.57. The Balaban J connectivity index is 2.01. The monoisotopic (exact) mass is 372 g/mol. The lowest BCUT2D eigenvalue weighted by atomic mass is 10.0. The number of benzene rings is 2. The zero-order valence-electron chi connectivity index (χ0n) is 13.8. The van der Waals surface area contributed by atoms with E-state index in [-0.39, 0.29) is 21.8 Å². The molecule has 0 atom stereocenters. The van der Waals surface area contributed by atoms with E-state index >= 15 is 0 Å². The van der Waals surface area contributed by atoms with Crippen LogP contribution >= 0.6 is 0 Å². The number of hydrogen-bond donors (Lipinski definition) is 3. The van der Waals surface area contributed by atoms with E-state index in [1.54, 1.807) is 24.5 Å². The van der Waals surface area contributed by atoms with Crippen molar-refractivity contribution in [2.75, 3.05) is 10.5 Å². The van der Waals surface area contributed by atoms with Crippen LogP contribution in [-0.2, 0) is 10.0 Å². The minimum atomic E-state index is -4.01. The Bertz CT molecular complexity index is 1070. The summed E-state index contributed by atoms with van der Waals surface area (Å²) in [4.78, 5) is 10.9. The quantitative estimate of drug-likeness (QED) is 0.590. The number of carbonyl (C=O) groups is 1. The van der Waals surface area contributed by atoms with E-state index in [1.807, 2.05) is 6.92 Å². The van der Waals surface area contributed by atoms with E-state index < -0.39 is 16.0 Å². The van der Waals surface area contributed by atoms with Gasteiger partial charge in [0.05, 0.1) is 34.4 Å². The number of sulfonamides is 1. The molecule has 0 radical (unpaired) electrons. The second kappa shape index (κ2) is 6.57. The summed E-state index contributed by atoms with van der Waals surface area (Å²) in [6.45, 7) is 1.85. The third-order valence-electron chi connectivity index (χ3n) is 3.86. The van der Waals surface area contributed by atoms with Crippen LogP contribution < -0.4 is 10.5 Å². The van der Waals surface area contributed by atoms with Gasteiger partial charge in [0, 0.05) is 5.56 Å². The molecule has 0 amide bonds. The Kier molecular flexibility index (Phi) is 4.43. The SMILES string of the molecule is Cc1cc(N)c(NS(=O)(=O)c2cccc(C(=O)O)c2)cc1-c1ccoc1. The first kappa shape index (κ1) is 17.6. The Morgan fingerprint density at radius 1 is 1.19 bits per heavy atom. The van der Waals surface area contributed by atoms with Gasteiger partial charge in [-0.15, -0.1) is 0 Å². The molecule has 0 saturated carbocycles. The molecule has 3 rings (SSSR count). The van der Waals surface area contributed by atoms with Gasteiger partial charge in [-0.1, -0.05) is 6.07 Å². The van der Waals surface area contributed by atoms with E-state index in [4.69, 9.17) is 15.3 Å². The van der Waals surface area contributed by atoms with Crippen molar-refractivity contribution in [1.82, 2.24) is 0 Å². The van der Waals surface area contributed by atoms with Gasteiger partial charge in [0.25, 0.3) is 10.0 Å². The smallest absolute Gasteiger partial charge is 0.335 e. The predicted molar refractivity (Wildman–Crippen MR) is 97.5 cm³/mol. The number of nitrogens with two attached hydrogens (primary N) is 1. The molecule has 0 fully saturated rings. The maximum absolute atomic E-state index is 12.6. The van der Waals surface area contributed by atoms with Gasteiger partial charge in [-0.25, -0.2) is 13.2 Å². The number of rotatable bonds is 5. The fourth-order valence-electron chi connectivity index (χ4n) is 2.55. The Hall–Kier alpha value is -3.26. The van der Waals surface area contributed by atoms with Crippen LogP contribution in [0.2, 0.25) is 0 Å². The van der Waals surface area contributed by atoms with Gasteiger partial charge in [0.1, 0.15) is 0 Å². The summed E-state index contributed by atoms with van der Waals surface area (Å²) in [5.74, 6) is -1.21. The summed E-state index contributed by atoms with van der Waals surface area (Å²) >= 11 is 0. The van der Waals surface area contributed by atoms with Gasteiger partial charge >= 0.3 is 5.97 Å². The highest BCUT2D eigenvalue weighted by Gasteiger charge is 2.18. The minimum Gasteiger partial charge on any atom is -0.478 e. The first-order chi connectivity index (χ1) is 12.3. The average molecular weight is 372 g/mol. The molecule has 0 bridgehead atoms. The van der Waals surface area contributed by atoms with Gasteiger partial charge in [-0.3, -0.25) is 4.72 Å². The number of anilines is 2. The fourth-order valence-corrected chi connectivity index (χ4v) is 3.67. The van der Waals surface area contributed by atoms with Crippen LogP contribution in [0.15, 0.2) is 64.3 Å². The van der Waals surface area contributed by atoms with Crippen molar-refractivity contribution >= 4 is 27.4 Å². The molecule has 4 N–H and O–H groups in total. The molecule has 1 aromatic heterocycles. The normalized spacial score (nSPS) is 11.3. The highest BCUT2D eigenvalue weighted by molar-refractivity contribution is 7.92. The maximum atomic E-state index is 12.6. The second-order valence-electron chi connectivity index (χ2n) is 5.70. The predicted octanol–water partition coefficient (Wildman–Crippen LogP) is 3.34. The molecular formula is C18H16N2O5S. The molecule has 0 unspecified atom stereocenters. The summed E-state index contributed by atoms with van der Waals surface area (Å²) < 4.78 is 32.8. The number of aromatic carboxylic acids is 1. The summed E-state index contributed by atoms with van der Waals surface area (Å²) in [7, 11) is -4.01. The van der Waals surface area contributed by atoms with Crippen molar-refractivity contribution in [3.8, 4) is 11.1 Å². The van der Waals surface area contributed by atoms with Crippen molar-refractivity contribution < 1.29 is 22.7 Å². The van der Waals surface area contributed by atoms with E-state index in [9.17, 15) is 13.2 Å². The van der Waals surface area contributed by atoms with Crippen LogP contribution in [-0.4, -0.2) is 19.5 Å². The standard InChI is InChI=1S/C18H16N2O5S/c1-11-7-16(19)17(9-15(11)13-5-6-25-10-13)20-26(23,24)14-4-2-3-12(8-14)18(21)22/h2-10,20H,19H2,1H3,(H,21,22). The van der Waals surface area contributed by atoms with Gasteiger partial charge < -0.3 is 15.3 Å². The van der Waals surface area contributed by atoms with E-state index in [2.05, 4.69) is 4.72 Å². The lowest BCUT2D eigenvalue weighted by Gasteiger charge is -2.14. The third kappa shape index (κ3) is 3.40. The van der Waals surface area contributed by atoms with Crippen molar-refractivity contribution in [3.05, 3.63) is 66.1 Å². The van der Waals surface area contributed by atoms with Crippen LogP contribution in [0.1, 0.15) is 15.9 Å². The van der Waals surface area contributed by atoms with Gasteiger partial charge in [0.15, 0.2) is 0 Å². The van der Waals surface area contributed by atoms with Crippen molar-refractivity contribution in [3.63, 3.8) is 0 Å². The van der Waals surface area contributed by atoms with Crippen LogP contribution in [0.5, 0.6) is 0 Å². The number of nitrogens with one attached hydrogen (secondary N) is 1. The highest BCUT2D eigenvalue weighted by atomic mass is 32.2. The molecule has 7 nitrogen and oxygen atoms in total. The zero-order valence-corrected chi connectivity index (χ0v) is 14.6. The number of carboxylic acids is 1. The molecule has 8 heteroatoms. The van der Waals surface area contributed by atoms with Crippen LogP contribution in [0.4, 0.5) is 11.4 Å². The molecule has 134 valence electrons. The number of carboxylic acid groups (broad SMARTS) is 1. The topological polar surface area (TPSA) is 123 Å². The molecule has 26 heavy (non-hydrogen) atoms. The molecule has 0 aliphatic carbocycles. The van der Waals surface area contributed by atoms with Gasteiger partial charge in [-0.05, 0) is 54.4 Å². The second-order valence-corrected chi connectivity index (χ2v) is 7.39. The Labute approximate surface area is 150 Å². The summed E-state index contributed by atoms with van der Waals surface area (Å²) in [6, 6.07) is 10.1. The average Bonchev–Trinajstić information content (AvgIpc) is 3.11. The molecule has 0 aliphatic heterocycles. The number of hydrogen-bond acceptors (Lipinski definition) is 5. The molecule has 0 saturated heterocycles. The van der Waals surface area contributed by atoms with Crippen molar-refractivity contribution in [2.45, 2.75) is 11.8 Å². The van der Waals surface area contributed by atoms with Crippen LogP contribution in [0.25, 0.3) is 11.1 Å². The number of nitrogen functional groups attached to an aromatic ring is 1. The summed E-state index contributed by atoms with van der Waals surface area (Å²) in [6.07, 6.45) is 3.07. The molecule has 2 aromatic carbocycles. The first-order valence-corrected chi connectivity index (χ1v) is 9.05. The van der Waals surface area contributed by atoms with Crippen molar-refractivity contribution in [2.24, 2.45) is 0 Å². The lowest BCUT2D eigenvalue weighted by Crippen LogP contribution is -2.15. The van der Waals surface area contributed by atoms with Gasteiger partial charge in [0.2, 0.25) is 0 Å². The molecular weight excluding hydrogens is 356 g/mol. The third-order valence-corrected chi connectivity index (χ3v) is 5.23. The molecule has 3 aromatic rings. The highest BCUT2D eigenvalue weighted by Crippen LogP contribution is 2.32. The van der Waals surface area contributed by atoms with E-state index in [0.717, 1.165) is 22.8 Å². The molecule has 1 heterocycles. The van der Waals surface area contributed by atoms with Gasteiger partial charge in [-0.2, -0.15) is 0 Å².